The Hall–Kier alpha value is -2.88. The molecule has 0 bridgehead atoms. The van der Waals surface area contributed by atoms with Crippen molar-refractivity contribution in [1.82, 2.24) is 4.98 Å². The van der Waals surface area contributed by atoms with Gasteiger partial charge in [-0.2, -0.15) is 0 Å². The first-order valence-corrected chi connectivity index (χ1v) is 8.73. The number of aromatic nitrogens is 1. The number of carbonyl (C=O) groups excluding carboxylic acids is 1. The van der Waals surface area contributed by atoms with Crippen LogP contribution in [0.5, 0.6) is 0 Å². The van der Waals surface area contributed by atoms with Crippen LogP contribution in [0.3, 0.4) is 0 Å². The SMILES string of the molecule is Cc1cc(N2CCCC2)ccc1NC(=O)c1ccnc2ccccc12. The van der Waals surface area contributed by atoms with Gasteiger partial charge in [-0.1, -0.05) is 18.2 Å². The number of pyridine rings is 1. The predicted molar refractivity (Wildman–Crippen MR) is 102 cm³/mol. The second-order valence-electron chi connectivity index (χ2n) is 6.52. The van der Waals surface area contributed by atoms with Gasteiger partial charge in [-0.3, -0.25) is 9.78 Å². The first-order chi connectivity index (χ1) is 12.2. The Bertz CT molecular complexity index is 924. The van der Waals surface area contributed by atoms with Crippen LogP contribution in [0.1, 0.15) is 28.8 Å². The molecule has 4 heteroatoms. The number of para-hydroxylation sites is 1. The summed E-state index contributed by atoms with van der Waals surface area (Å²) in [5.41, 5.74) is 4.65. The molecule has 1 fully saturated rings. The molecule has 1 aliphatic rings. The van der Waals surface area contributed by atoms with E-state index in [-0.39, 0.29) is 5.91 Å². The van der Waals surface area contributed by atoms with E-state index in [1.807, 2.05) is 37.3 Å². The fourth-order valence-electron chi connectivity index (χ4n) is 3.44. The fraction of sp³-hybridized carbons (Fsp3) is 0.238. The standard InChI is InChI=1S/C21H21N3O/c1-15-14-16(24-12-4-5-13-24)8-9-19(15)23-21(25)18-10-11-22-20-7-3-2-6-17(18)20/h2-3,6-11,14H,4-5,12-13H2,1H3,(H,23,25). The number of anilines is 2. The summed E-state index contributed by atoms with van der Waals surface area (Å²) in [6.07, 6.45) is 4.19. The lowest BCUT2D eigenvalue weighted by molar-refractivity contribution is 0.102. The van der Waals surface area contributed by atoms with Crippen molar-refractivity contribution >= 4 is 28.2 Å². The van der Waals surface area contributed by atoms with E-state index in [1.165, 1.54) is 18.5 Å². The molecule has 25 heavy (non-hydrogen) atoms. The van der Waals surface area contributed by atoms with Gasteiger partial charge in [0.2, 0.25) is 0 Å². The van der Waals surface area contributed by atoms with Crippen LogP contribution in [0, 0.1) is 6.92 Å². The van der Waals surface area contributed by atoms with E-state index in [9.17, 15) is 4.79 Å². The van der Waals surface area contributed by atoms with Gasteiger partial charge >= 0.3 is 0 Å². The van der Waals surface area contributed by atoms with Gasteiger partial charge in [0.25, 0.3) is 5.91 Å². The lowest BCUT2D eigenvalue weighted by Gasteiger charge is -2.19. The Balaban J connectivity index is 1.60. The molecule has 3 aromatic rings. The van der Waals surface area contributed by atoms with Crippen molar-refractivity contribution in [1.29, 1.82) is 0 Å². The number of hydrogen-bond donors (Lipinski definition) is 1. The van der Waals surface area contributed by atoms with Crippen LogP contribution < -0.4 is 10.2 Å². The van der Waals surface area contributed by atoms with Crippen molar-refractivity contribution < 1.29 is 4.79 Å². The molecule has 2 aromatic carbocycles. The molecule has 1 N–H and O–H groups in total. The minimum Gasteiger partial charge on any atom is -0.372 e. The van der Waals surface area contributed by atoms with E-state index in [0.717, 1.165) is 35.2 Å². The number of fused-ring (bicyclic) bond motifs is 1. The maximum atomic E-state index is 12.8. The third-order valence-electron chi connectivity index (χ3n) is 4.82. The number of aryl methyl sites for hydroxylation is 1. The highest BCUT2D eigenvalue weighted by atomic mass is 16.1. The molecule has 126 valence electrons. The number of carbonyl (C=O) groups is 1. The zero-order valence-electron chi connectivity index (χ0n) is 14.3. The average Bonchev–Trinajstić information content (AvgIpc) is 3.17. The molecule has 2 heterocycles. The largest absolute Gasteiger partial charge is 0.372 e. The van der Waals surface area contributed by atoms with Gasteiger partial charge < -0.3 is 10.2 Å². The van der Waals surface area contributed by atoms with Gasteiger partial charge in [-0.05, 0) is 55.7 Å². The molecule has 1 amide bonds. The molecule has 4 nitrogen and oxygen atoms in total. The first-order valence-electron chi connectivity index (χ1n) is 8.73. The van der Waals surface area contributed by atoms with Crippen molar-refractivity contribution in [3.63, 3.8) is 0 Å². The van der Waals surface area contributed by atoms with E-state index in [4.69, 9.17) is 0 Å². The smallest absolute Gasteiger partial charge is 0.256 e. The topological polar surface area (TPSA) is 45.2 Å². The lowest BCUT2D eigenvalue weighted by Crippen LogP contribution is -2.18. The van der Waals surface area contributed by atoms with Gasteiger partial charge in [0.1, 0.15) is 0 Å². The average molecular weight is 331 g/mol. The summed E-state index contributed by atoms with van der Waals surface area (Å²) in [6.45, 7) is 4.28. The highest BCUT2D eigenvalue weighted by Gasteiger charge is 2.15. The fourth-order valence-corrected chi connectivity index (χ4v) is 3.44. The molecule has 0 unspecified atom stereocenters. The zero-order chi connectivity index (χ0) is 17.2. The molecule has 1 saturated heterocycles. The van der Waals surface area contributed by atoms with Gasteiger partial charge in [-0.25, -0.2) is 0 Å². The Labute approximate surface area is 147 Å². The van der Waals surface area contributed by atoms with Crippen LogP contribution in [0.15, 0.2) is 54.7 Å². The van der Waals surface area contributed by atoms with Crippen molar-refractivity contribution in [2.45, 2.75) is 19.8 Å². The Morgan fingerprint density at radius 3 is 2.68 bits per heavy atom. The second-order valence-corrected chi connectivity index (χ2v) is 6.52. The molecule has 4 rings (SSSR count). The molecular formula is C21H21N3O. The van der Waals surface area contributed by atoms with Crippen LogP contribution in [-0.4, -0.2) is 24.0 Å². The van der Waals surface area contributed by atoms with Crippen molar-refractivity contribution in [3.8, 4) is 0 Å². The summed E-state index contributed by atoms with van der Waals surface area (Å²) in [7, 11) is 0. The predicted octanol–water partition coefficient (Wildman–Crippen LogP) is 4.40. The highest BCUT2D eigenvalue weighted by Crippen LogP contribution is 2.26. The van der Waals surface area contributed by atoms with Gasteiger partial charge in [0, 0.05) is 36.0 Å². The number of nitrogens with one attached hydrogen (secondary N) is 1. The summed E-state index contributed by atoms with van der Waals surface area (Å²) in [6, 6.07) is 15.7. The molecular weight excluding hydrogens is 310 g/mol. The quantitative estimate of drug-likeness (QED) is 0.774. The highest BCUT2D eigenvalue weighted by molar-refractivity contribution is 6.12. The maximum Gasteiger partial charge on any atom is 0.256 e. The number of rotatable bonds is 3. The Morgan fingerprint density at radius 1 is 1.08 bits per heavy atom. The van der Waals surface area contributed by atoms with Gasteiger partial charge in [-0.15, -0.1) is 0 Å². The number of amides is 1. The third-order valence-corrected chi connectivity index (χ3v) is 4.82. The normalized spacial score (nSPS) is 14.0. The van der Waals surface area contributed by atoms with Crippen LogP contribution in [0.4, 0.5) is 11.4 Å². The molecule has 0 saturated carbocycles. The monoisotopic (exact) mass is 331 g/mol. The maximum absolute atomic E-state index is 12.8. The first kappa shape index (κ1) is 15.6. The van der Waals surface area contributed by atoms with Crippen molar-refractivity contribution in [2.75, 3.05) is 23.3 Å². The number of nitrogens with zero attached hydrogens (tertiary/aromatic N) is 2. The molecule has 0 aliphatic carbocycles. The number of hydrogen-bond acceptors (Lipinski definition) is 3. The third kappa shape index (κ3) is 3.07. The van der Waals surface area contributed by atoms with Crippen molar-refractivity contribution in [3.05, 3.63) is 65.9 Å². The summed E-state index contributed by atoms with van der Waals surface area (Å²) in [4.78, 5) is 19.5. The molecule has 1 aromatic heterocycles. The summed E-state index contributed by atoms with van der Waals surface area (Å²) in [5, 5.41) is 3.92. The van der Waals surface area contributed by atoms with E-state index in [0.29, 0.717) is 5.56 Å². The summed E-state index contributed by atoms with van der Waals surface area (Å²) < 4.78 is 0. The Kier molecular flexibility index (Phi) is 4.10. The number of benzene rings is 2. The van der Waals surface area contributed by atoms with Crippen LogP contribution in [0.2, 0.25) is 0 Å². The summed E-state index contributed by atoms with van der Waals surface area (Å²) in [5.74, 6) is -0.101. The van der Waals surface area contributed by atoms with Crippen molar-refractivity contribution in [2.24, 2.45) is 0 Å². The van der Waals surface area contributed by atoms with E-state index in [2.05, 4.69) is 27.3 Å². The zero-order valence-corrected chi connectivity index (χ0v) is 14.3. The molecule has 0 atom stereocenters. The van der Waals surface area contributed by atoms with E-state index < -0.39 is 0 Å². The van der Waals surface area contributed by atoms with Gasteiger partial charge in [0.15, 0.2) is 0 Å². The molecule has 0 radical (unpaired) electrons. The van der Waals surface area contributed by atoms with Gasteiger partial charge in [0.05, 0.1) is 11.1 Å². The minimum atomic E-state index is -0.101. The van der Waals surface area contributed by atoms with E-state index in [1.54, 1.807) is 12.3 Å². The molecule has 1 aliphatic heterocycles. The molecule has 0 spiro atoms. The Morgan fingerprint density at radius 2 is 1.88 bits per heavy atom. The lowest BCUT2D eigenvalue weighted by atomic mass is 10.1. The van der Waals surface area contributed by atoms with E-state index >= 15 is 0 Å². The minimum absolute atomic E-state index is 0.101. The second kappa shape index (κ2) is 6.55. The summed E-state index contributed by atoms with van der Waals surface area (Å²) >= 11 is 0. The van der Waals surface area contributed by atoms with Crippen LogP contribution in [0.25, 0.3) is 10.9 Å². The van der Waals surface area contributed by atoms with Crippen LogP contribution in [-0.2, 0) is 0 Å². The van der Waals surface area contributed by atoms with Crippen LogP contribution >= 0.6 is 0 Å².